The van der Waals surface area contributed by atoms with Crippen molar-refractivity contribution in [1.29, 1.82) is 0 Å². The number of ether oxygens (including phenoxy) is 2. The number of halogens is 2. The molecule has 31 heavy (non-hydrogen) atoms. The third kappa shape index (κ3) is 6.14. The molecule has 0 saturated carbocycles. The molecule has 0 bridgehead atoms. The zero-order valence-corrected chi connectivity index (χ0v) is 20.7. The number of amides is 1. The van der Waals surface area contributed by atoms with Crippen LogP contribution in [0.1, 0.15) is 26.3 Å². The van der Waals surface area contributed by atoms with Crippen LogP contribution in [0.5, 0.6) is 5.75 Å². The zero-order valence-electron chi connectivity index (χ0n) is 17.8. The molecule has 0 saturated heterocycles. The minimum Gasteiger partial charge on any atom is -0.488 e. The zero-order chi connectivity index (χ0) is 22.4. The molecule has 0 aliphatic heterocycles. The number of rotatable bonds is 6. The highest BCUT2D eigenvalue weighted by Crippen LogP contribution is 2.38. The minimum absolute atomic E-state index is 0.283. The molecular formula is C25H25ClINO3. The number of benzene rings is 3. The van der Waals surface area contributed by atoms with Crippen molar-refractivity contribution >= 4 is 56.7 Å². The third-order valence-electron chi connectivity index (χ3n) is 4.44. The first kappa shape index (κ1) is 23.4. The van der Waals surface area contributed by atoms with E-state index < -0.39 is 11.7 Å². The van der Waals surface area contributed by atoms with Crippen LogP contribution in [0.15, 0.2) is 72.3 Å². The highest BCUT2D eigenvalue weighted by molar-refractivity contribution is 14.1. The van der Waals surface area contributed by atoms with Gasteiger partial charge in [-0.05, 0) is 48.9 Å². The lowest BCUT2D eigenvalue weighted by molar-refractivity contribution is 0.0584. The molecule has 0 heterocycles. The summed E-state index contributed by atoms with van der Waals surface area (Å²) in [6.07, 6.45) is 1.27. The van der Waals surface area contributed by atoms with E-state index in [4.69, 9.17) is 21.1 Å². The largest absolute Gasteiger partial charge is 0.488 e. The average molecular weight is 550 g/mol. The van der Waals surface area contributed by atoms with Gasteiger partial charge in [-0.1, -0.05) is 72.3 Å². The van der Waals surface area contributed by atoms with Crippen LogP contribution in [-0.4, -0.2) is 18.2 Å². The summed E-state index contributed by atoms with van der Waals surface area (Å²) in [7, 11) is 0. The van der Waals surface area contributed by atoms with Gasteiger partial charge in [-0.15, -0.1) is 0 Å². The van der Waals surface area contributed by atoms with Gasteiger partial charge in [-0.3, -0.25) is 4.90 Å². The quantitative estimate of drug-likeness (QED) is 0.299. The van der Waals surface area contributed by atoms with Crippen LogP contribution in [-0.2, 0) is 11.3 Å². The fraction of sp³-hybridized carbons (Fsp3) is 0.240. The first-order valence-corrected chi connectivity index (χ1v) is 11.5. The Morgan fingerprint density at radius 3 is 2.35 bits per heavy atom. The molecule has 3 aromatic rings. The van der Waals surface area contributed by atoms with Crippen molar-refractivity contribution in [1.82, 2.24) is 0 Å². The number of nitrogens with zero attached hydrogens (tertiary/aromatic N) is 1. The van der Waals surface area contributed by atoms with E-state index in [9.17, 15) is 4.79 Å². The van der Waals surface area contributed by atoms with Gasteiger partial charge in [0.25, 0.3) is 0 Å². The van der Waals surface area contributed by atoms with E-state index in [0.717, 1.165) is 19.9 Å². The third-order valence-corrected chi connectivity index (χ3v) is 5.75. The Morgan fingerprint density at radius 1 is 1.06 bits per heavy atom. The van der Waals surface area contributed by atoms with Crippen molar-refractivity contribution in [3.05, 3.63) is 81.4 Å². The minimum atomic E-state index is -0.616. The predicted octanol–water partition coefficient (Wildman–Crippen LogP) is 7.52. The van der Waals surface area contributed by atoms with Crippen molar-refractivity contribution in [2.45, 2.75) is 33.0 Å². The molecule has 3 aromatic carbocycles. The smallest absolute Gasteiger partial charge is 0.415 e. The summed E-state index contributed by atoms with van der Waals surface area (Å²) in [6.45, 7) is 6.25. The van der Waals surface area contributed by atoms with E-state index in [1.807, 2.05) is 81.4 Å². The van der Waals surface area contributed by atoms with E-state index in [1.165, 1.54) is 5.54 Å². The van der Waals surface area contributed by atoms with Gasteiger partial charge in [-0.2, -0.15) is 0 Å². The van der Waals surface area contributed by atoms with E-state index >= 15 is 0 Å². The van der Waals surface area contributed by atoms with Crippen LogP contribution in [0, 0.1) is 3.57 Å². The molecular weight excluding hydrogens is 525 g/mol. The molecule has 0 aromatic heterocycles. The lowest BCUT2D eigenvalue weighted by Crippen LogP contribution is -2.37. The van der Waals surface area contributed by atoms with Crippen molar-refractivity contribution in [2.24, 2.45) is 0 Å². The molecule has 6 heteroatoms. The standard InChI is InChI=1S/C25H25ClINO3/c1-25(2,3)31-24(29)28(15-9-14-26)21-16-22(30-17-18-10-5-4-6-11-18)19-12-7-8-13-20(19)23(21)27/h4-14,16H,15,17H2,1-3H3/b14-9+. The van der Waals surface area contributed by atoms with Crippen molar-refractivity contribution < 1.29 is 14.3 Å². The molecule has 0 unspecified atom stereocenters. The van der Waals surface area contributed by atoms with Gasteiger partial charge in [0.05, 0.1) is 5.69 Å². The Kier molecular flexibility index (Phi) is 7.84. The molecule has 0 N–H and O–H groups in total. The molecule has 4 nitrogen and oxygen atoms in total. The Morgan fingerprint density at radius 2 is 1.71 bits per heavy atom. The summed E-state index contributed by atoms with van der Waals surface area (Å²) >= 11 is 8.04. The topological polar surface area (TPSA) is 38.8 Å². The van der Waals surface area contributed by atoms with Crippen LogP contribution in [0.3, 0.4) is 0 Å². The number of anilines is 1. The van der Waals surface area contributed by atoms with Gasteiger partial charge >= 0.3 is 6.09 Å². The predicted molar refractivity (Wildman–Crippen MR) is 136 cm³/mol. The summed E-state index contributed by atoms with van der Waals surface area (Å²) in [5.74, 6) is 0.707. The summed E-state index contributed by atoms with van der Waals surface area (Å²) in [6, 6.07) is 19.9. The van der Waals surface area contributed by atoms with Crippen LogP contribution in [0.25, 0.3) is 10.8 Å². The maximum Gasteiger partial charge on any atom is 0.415 e. The molecule has 0 atom stereocenters. The highest BCUT2D eigenvalue weighted by Gasteiger charge is 2.26. The SMILES string of the molecule is CC(C)(C)OC(=O)N(C/C=C/Cl)c1cc(OCc2ccccc2)c2ccccc2c1I. The molecule has 0 aliphatic carbocycles. The number of hydrogen-bond acceptors (Lipinski definition) is 3. The second kappa shape index (κ2) is 10.4. The van der Waals surface area contributed by atoms with Crippen LogP contribution in [0.2, 0.25) is 0 Å². The summed E-state index contributed by atoms with van der Waals surface area (Å²) in [4.78, 5) is 14.6. The maximum absolute atomic E-state index is 13.0. The first-order valence-electron chi connectivity index (χ1n) is 9.94. The molecule has 1 amide bonds. The molecule has 0 spiro atoms. The number of fused-ring (bicyclic) bond motifs is 1. The molecule has 0 fully saturated rings. The Balaban J connectivity index is 2.06. The average Bonchev–Trinajstić information content (AvgIpc) is 2.74. The number of hydrogen-bond donors (Lipinski definition) is 0. The Labute approximate surface area is 201 Å². The fourth-order valence-corrected chi connectivity index (χ4v) is 4.07. The van der Waals surface area contributed by atoms with E-state index in [-0.39, 0.29) is 6.54 Å². The van der Waals surface area contributed by atoms with Gasteiger partial charge in [0.2, 0.25) is 0 Å². The second-order valence-corrected chi connectivity index (χ2v) is 9.31. The molecule has 162 valence electrons. The summed E-state index contributed by atoms with van der Waals surface area (Å²) in [5, 5.41) is 2.00. The van der Waals surface area contributed by atoms with Crippen LogP contribution in [0.4, 0.5) is 10.5 Å². The van der Waals surface area contributed by atoms with Gasteiger partial charge in [0.15, 0.2) is 0 Å². The maximum atomic E-state index is 13.0. The van der Waals surface area contributed by atoms with Crippen molar-refractivity contribution in [3.8, 4) is 5.75 Å². The van der Waals surface area contributed by atoms with Crippen LogP contribution < -0.4 is 9.64 Å². The van der Waals surface area contributed by atoms with Crippen molar-refractivity contribution in [2.75, 3.05) is 11.4 Å². The molecule has 0 aliphatic rings. The highest BCUT2D eigenvalue weighted by atomic mass is 127. The Bertz CT molecular complexity index is 1080. The van der Waals surface area contributed by atoms with E-state index in [2.05, 4.69) is 22.6 Å². The van der Waals surface area contributed by atoms with Gasteiger partial charge in [0.1, 0.15) is 18.0 Å². The van der Waals surface area contributed by atoms with Gasteiger partial charge in [-0.25, -0.2) is 4.79 Å². The lowest BCUT2D eigenvalue weighted by atomic mass is 10.1. The normalized spacial score (nSPS) is 11.6. The van der Waals surface area contributed by atoms with Gasteiger partial charge in [0, 0.05) is 32.5 Å². The van der Waals surface area contributed by atoms with Crippen LogP contribution >= 0.6 is 34.2 Å². The number of carbonyl (C=O) groups is 1. The monoisotopic (exact) mass is 549 g/mol. The second-order valence-electron chi connectivity index (χ2n) is 7.98. The first-order chi connectivity index (χ1) is 14.8. The molecule has 0 radical (unpaired) electrons. The summed E-state index contributed by atoms with van der Waals surface area (Å²) < 4.78 is 12.8. The Hall–Kier alpha value is -2.25. The van der Waals surface area contributed by atoms with E-state index in [1.54, 1.807) is 11.0 Å². The number of carbonyl (C=O) groups excluding carboxylic acids is 1. The molecule has 3 rings (SSSR count). The van der Waals surface area contributed by atoms with Gasteiger partial charge < -0.3 is 9.47 Å². The fourth-order valence-electron chi connectivity index (χ4n) is 3.08. The lowest BCUT2D eigenvalue weighted by Gasteiger charge is -2.28. The summed E-state index contributed by atoms with van der Waals surface area (Å²) in [5.41, 5.74) is 2.57. The van der Waals surface area contributed by atoms with Crippen molar-refractivity contribution in [3.63, 3.8) is 0 Å². The van der Waals surface area contributed by atoms with E-state index in [0.29, 0.717) is 18.0 Å².